The molecular weight excluding hydrogens is 523 g/mol. The monoisotopic (exact) mass is 548 g/mol. The SMILES string of the molecule is CCc1ccc(C(C)NC(=O)CN(c2ccc(I)cc2)S(=O)(=O)c2ccccc2)cc1. The second-order valence-corrected chi connectivity index (χ2v) is 10.3. The zero-order chi connectivity index (χ0) is 22.4. The van der Waals surface area contributed by atoms with Gasteiger partial charge in [0.2, 0.25) is 5.91 Å². The summed E-state index contributed by atoms with van der Waals surface area (Å²) in [6, 6.07) is 23.0. The Balaban J connectivity index is 1.84. The molecule has 3 aromatic carbocycles. The quantitative estimate of drug-likeness (QED) is 0.407. The first-order valence-corrected chi connectivity index (χ1v) is 12.5. The fraction of sp³-hybridized carbons (Fsp3) is 0.208. The molecular formula is C24H25IN2O3S. The van der Waals surface area contributed by atoms with Gasteiger partial charge in [0, 0.05) is 3.57 Å². The van der Waals surface area contributed by atoms with Gasteiger partial charge in [-0.3, -0.25) is 9.10 Å². The highest BCUT2D eigenvalue weighted by molar-refractivity contribution is 14.1. The number of carbonyl (C=O) groups is 1. The smallest absolute Gasteiger partial charge is 0.264 e. The van der Waals surface area contributed by atoms with Gasteiger partial charge in [0.15, 0.2) is 0 Å². The molecule has 0 spiro atoms. The summed E-state index contributed by atoms with van der Waals surface area (Å²) >= 11 is 2.16. The number of aryl methyl sites for hydroxylation is 1. The zero-order valence-corrected chi connectivity index (χ0v) is 20.4. The number of nitrogens with zero attached hydrogens (tertiary/aromatic N) is 1. The van der Waals surface area contributed by atoms with Crippen LogP contribution < -0.4 is 9.62 Å². The van der Waals surface area contributed by atoms with E-state index in [1.807, 2.05) is 43.3 Å². The van der Waals surface area contributed by atoms with Gasteiger partial charge in [-0.25, -0.2) is 8.42 Å². The maximum atomic E-state index is 13.3. The average molecular weight is 548 g/mol. The second kappa shape index (κ2) is 10.3. The number of amides is 1. The van der Waals surface area contributed by atoms with Crippen LogP contribution in [0.1, 0.15) is 31.0 Å². The number of halogens is 1. The number of benzene rings is 3. The maximum Gasteiger partial charge on any atom is 0.264 e. The number of nitrogens with one attached hydrogen (secondary N) is 1. The molecule has 31 heavy (non-hydrogen) atoms. The van der Waals surface area contributed by atoms with Crippen LogP contribution in [-0.4, -0.2) is 20.9 Å². The van der Waals surface area contributed by atoms with E-state index in [-0.39, 0.29) is 23.4 Å². The molecule has 0 aliphatic rings. The van der Waals surface area contributed by atoms with Gasteiger partial charge < -0.3 is 5.32 Å². The molecule has 0 aliphatic heterocycles. The van der Waals surface area contributed by atoms with E-state index in [1.165, 1.54) is 17.7 Å². The minimum absolute atomic E-state index is 0.143. The summed E-state index contributed by atoms with van der Waals surface area (Å²) in [5.41, 5.74) is 2.64. The topological polar surface area (TPSA) is 66.5 Å². The van der Waals surface area contributed by atoms with Gasteiger partial charge in [0.05, 0.1) is 16.6 Å². The molecule has 162 valence electrons. The van der Waals surface area contributed by atoms with Gasteiger partial charge in [-0.2, -0.15) is 0 Å². The first kappa shape index (κ1) is 23.3. The van der Waals surface area contributed by atoms with Crippen molar-refractivity contribution in [2.75, 3.05) is 10.8 Å². The summed E-state index contributed by atoms with van der Waals surface area (Å²) in [6.07, 6.45) is 0.948. The summed E-state index contributed by atoms with van der Waals surface area (Å²) in [6.45, 7) is 3.67. The molecule has 1 amide bonds. The molecule has 3 aromatic rings. The Morgan fingerprint density at radius 1 is 0.968 bits per heavy atom. The second-order valence-electron chi connectivity index (χ2n) is 7.19. The van der Waals surface area contributed by atoms with Gasteiger partial charge in [0.1, 0.15) is 6.54 Å². The predicted molar refractivity (Wildman–Crippen MR) is 133 cm³/mol. The molecule has 1 atom stereocenters. The van der Waals surface area contributed by atoms with E-state index in [2.05, 4.69) is 34.8 Å². The highest BCUT2D eigenvalue weighted by atomic mass is 127. The van der Waals surface area contributed by atoms with Gasteiger partial charge in [-0.1, -0.05) is 49.4 Å². The van der Waals surface area contributed by atoms with E-state index in [4.69, 9.17) is 0 Å². The van der Waals surface area contributed by atoms with E-state index in [9.17, 15) is 13.2 Å². The first-order valence-electron chi connectivity index (χ1n) is 10.0. The standard InChI is InChI=1S/C24H25IN2O3S/c1-3-19-9-11-20(12-10-19)18(2)26-24(28)17-27(22-15-13-21(25)14-16-22)31(29,30)23-7-5-4-6-8-23/h4-16,18H,3,17H2,1-2H3,(H,26,28). The summed E-state index contributed by atoms with van der Waals surface area (Å²) in [5, 5.41) is 2.92. The number of hydrogen-bond acceptors (Lipinski definition) is 3. The normalized spacial score (nSPS) is 12.2. The van der Waals surface area contributed by atoms with Crippen molar-refractivity contribution in [2.45, 2.75) is 31.2 Å². The molecule has 7 heteroatoms. The molecule has 0 heterocycles. The van der Waals surface area contributed by atoms with Crippen LogP contribution in [0.25, 0.3) is 0 Å². The molecule has 0 saturated heterocycles. The Bertz CT molecular complexity index is 1120. The van der Waals surface area contributed by atoms with E-state index < -0.39 is 10.0 Å². The minimum Gasteiger partial charge on any atom is -0.348 e. The fourth-order valence-corrected chi connectivity index (χ4v) is 4.99. The molecule has 5 nitrogen and oxygen atoms in total. The van der Waals surface area contributed by atoms with E-state index >= 15 is 0 Å². The Morgan fingerprint density at radius 3 is 2.16 bits per heavy atom. The van der Waals surface area contributed by atoms with Crippen LogP contribution in [0.15, 0.2) is 83.8 Å². The lowest BCUT2D eigenvalue weighted by molar-refractivity contribution is -0.120. The molecule has 1 N–H and O–H groups in total. The van der Waals surface area contributed by atoms with Crippen molar-refractivity contribution in [1.29, 1.82) is 0 Å². The third-order valence-corrected chi connectivity index (χ3v) is 7.51. The fourth-order valence-electron chi connectivity index (χ4n) is 3.19. The van der Waals surface area contributed by atoms with Crippen LogP contribution in [0.2, 0.25) is 0 Å². The van der Waals surface area contributed by atoms with Gasteiger partial charge in [-0.05, 0) is 83.5 Å². The van der Waals surface area contributed by atoms with E-state index in [0.29, 0.717) is 5.69 Å². The molecule has 0 bridgehead atoms. The third-order valence-electron chi connectivity index (χ3n) is 5.00. The van der Waals surface area contributed by atoms with Crippen molar-refractivity contribution < 1.29 is 13.2 Å². The highest BCUT2D eigenvalue weighted by Crippen LogP contribution is 2.24. The van der Waals surface area contributed by atoms with Crippen molar-refractivity contribution in [3.05, 3.63) is 93.6 Å². The summed E-state index contributed by atoms with van der Waals surface area (Å²) in [4.78, 5) is 13.0. The number of anilines is 1. The van der Waals surface area contributed by atoms with Crippen LogP contribution in [0.4, 0.5) is 5.69 Å². The molecule has 1 unspecified atom stereocenters. The Kier molecular flexibility index (Phi) is 7.72. The zero-order valence-electron chi connectivity index (χ0n) is 17.5. The lowest BCUT2D eigenvalue weighted by atomic mass is 10.1. The van der Waals surface area contributed by atoms with Gasteiger partial charge in [0.25, 0.3) is 10.0 Å². The largest absolute Gasteiger partial charge is 0.348 e. The third kappa shape index (κ3) is 5.86. The average Bonchev–Trinajstić information content (AvgIpc) is 2.78. The van der Waals surface area contributed by atoms with Gasteiger partial charge >= 0.3 is 0 Å². The van der Waals surface area contributed by atoms with Crippen molar-refractivity contribution in [2.24, 2.45) is 0 Å². The van der Waals surface area contributed by atoms with E-state index in [1.54, 1.807) is 30.3 Å². The van der Waals surface area contributed by atoms with Gasteiger partial charge in [-0.15, -0.1) is 0 Å². The van der Waals surface area contributed by atoms with Crippen molar-refractivity contribution in [3.8, 4) is 0 Å². The van der Waals surface area contributed by atoms with Crippen LogP contribution in [0.3, 0.4) is 0 Å². The number of rotatable bonds is 8. The number of hydrogen-bond donors (Lipinski definition) is 1. The maximum absolute atomic E-state index is 13.3. The van der Waals surface area contributed by atoms with Crippen LogP contribution in [0.5, 0.6) is 0 Å². The number of sulfonamides is 1. The lowest BCUT2D eigenvalue weighted by Crippen LogP contribution is -2.41. The summed E-state index contributed by atoms with van der Waals surface area (Å²) < 4.78 is 28.8. The predicted octanol–water partition coefficient (Wildman–Crippen LogP) is 4.93. The Hall–Kier alpha value is -2.39. The molecule has 0 radical (unpaired) electrons. The van der Waals surface area contributed by atoms with E-state index in [0.717, 1.165) is 19.9 Å². The number of carbonyl (C=O) groups excluding carboxylic acids is 1. The van der Waals surface area contributed by atoms with Crippen LogP contribution in [-0.2, 0) is 21.2 Å². The summed E-state index contributed by atoms with van der Waals surface area (Å²) in [7, 11) is -3.90. The molecule has 0 aromatic heterocycles. The van der Waals surface area contributed by atoms with Crippen LogP contribution in [0, 0.1) is 3.57 Å². The van der Waals surface area contributed by atoms with Crippen molar-refractivity contribution >= 4 is 44.2 Å². The molecule has 3 rings (SSSR count). The Morgan fingerprint density at radius 2 is 1.58 bits per heavy atom. The Labute approximate surface area is 197 Å². The van der Waals surface area contributed by atoms with Crippen LogP contribution >= 0.6 is 22.6 Å². The molecule has 0 fully saturated rings. The lowest BCUT2D eigenvalue weighted by Gasteiger charge is -2.25. The molecule has 0 saturated carbocycles. The highest BCUT2D eigenvalue weighted by Gasteiger charge is 2.27. The van der Waals surface area contributed by atoms with Crippen molar-refractivity contribution in [1.82, 2.24) is 5.32 Å². The first-order chi connectivity index (χ1) is 14.8. The van der Waals surface area contributed by atoms with Crippen molar-refractivity contribution in [3.63, 3.8) is 0 Å². The summed E-state index contributed by atoms with van der Waals surface area (Å²) in [5.74, 6) is -0.370. The minimum atomic E-state index is -3.90. The molecule has 0 aliphatic carbocycles.